The molecule has 0 saturated heterocycles. The van der Waals surface area contributed by atoms with Crippen molar-refractivity contribution in [2.24, 2.45) is 7.05 Å². The second-order valence-corrected chi connectivity index (χ2v) is 11.1. The number of rotatable bonds is 15. The van der Waals surface area contributed by atoms with Gasteiger partial charge < -0.3 is 25.0 Å². The fraction of sp³-hybridized carbons (Fsp3) is 0.424. The number of para-hydroxylation sites is 1. The SMILES string of the molecule is Cc1ncccc1OCCN(CCCCc1ccc2c(n1)NCCC2)CC[C@H](Nc1cn(C)c2ccccc12)C(=O)O. The number of carbonyl (C=O) groups is 1. The number of hydrogen-bond acceptors (Lipinski definition) is 7. The highest BCUT2D eigenvalue weighted by atomic mass is 16.5. The molecular formula is C33H42N6O3. The number of unbranched alkanes of at least 4 members (excludes halogenated alkanes) is 1. The third kappa shape index (κ3) is 7.59. The molecule has 1 aliphatic rings. The number of nitrogens with one attached hydrogen (secondary N) is 2. The van der Waals surface area contributed by atoms with Crippen molar-refractivity contribution in [1.82, 2.24) is 19.4 Å². The summed E-state index contributed by atoms with van der Waals surface area (Å²) in [6.45, 7) is 5.65. The van der Waals surface area contributed by atoms with Crippen molar-refractivity contribution in [3.8, 4) is 5.75 Å². The monoisotopic (exact) mass is 570 g/mol. The van der Waals surface area contributed by atoms with E-state index in [1.807, 2.05) is 61.1 Å². The van der Waals surface area contributed by atoms with Crippen LogP contribution in [0.1, 0.15) is 42.6 Å². The van der Waals surface area contributed by atoms with E-state index in [0.717, 1.165) is 84.7 Å². The van der Waals surface area contributed by atoms with E-state index in [4.69, 9.17) is 9.72 Å². The Morgan fingerprint density at radius 1 is 1.14 bits per heavy atom. The third-order valence-corrected chi connectivity index (χ3v) is 7.99. The molecule has 4 aromatic rings. The molecule has 0 radical (unpaired) electrons. The molecule has 0 amide bonds. The molecule has 4 heterocycles. The number of aryl methyl sites for hydroxylation is 4. The fourth-order valence-corrected chi connectivity index (χ4v) is 5.61. The van der Waals surface area contributed by atoms with Crippen molar-refractivity contribution in [1.29, 1.82) is 0 Å². The van der Waals surface area contributed by atoms with E-state index in [1.165, 1.54) is 5.56 Å². The topological polar surface area (TPSA) is 105 Å². The van der Waals surface area contributed by atoms with Gasteiger partial charge in [-0.2, -0.15) is 0 Å². The molecule has 222 valence electrons. The van der Waals surface area contributed by atoms with Crippen LogP contribution in [-0.2, 0) is 24.7 Å². The Hall–Kier alpha value is -4.11. The summed E-state index contributed by atoms with van der Waals surface area (Å²) in [6, 6.07) is 15.5. The van der Waals surface area contributed by atoms with Gasteiger partial charge in [-0.3, -0.25) is 9.88 Å². The maximum absolute atomic E-state index is 12.3. The van der Waals surface area contributed by atoms with Gasteiger partial charge in [-0.25, -0.2) is 9.78 Å². The minimum absolute atomic E-state index is 0.475. The second-order valence-electron chi connectivity index (χ2n) is 11.1. The zero-order chi connectivity index (χ0) is 29.3. The summed E-state index contributed by atoms with van der Waals surface area (Å²) in [5.41, 5.74) is 5.20. The lowest BCUT2D eigenvalue weighted by Gasteiger charge is -2.25. The molecule has 0 aliphatic carbocycles. The molecule has 1 atom stereocenters. The van der Waals surface area contributed by atoms with Gasteiger partial charge in [0, 0.05) is 55.7 Å². The molecule has 0 bridgehead atoms. The van der Waals surface area contributed by atoms with E-state index in [2.05, 4.69) is 32.7 Å². The van der Waals surface area contributed by atoms with Gasteiger partial charge in [-0.1, -0.05) is 24.3 Å². The summed E-state index contributed by atoms with van der Waals surface area (Å²) in [7, 11) is 1.98. The molecule has 9 heteroatoms. The lowest BCUT2D eigenvalue weighted by molar-refractivity contribution is -0.138. The van der Waals surface area contributed by atoms with Crippen LogP contribution in [0.15, 0.2) is 60.9 Å². The lowest BCUT2D eigenvalue weighted by Crippen LogP contribution is -2.37. The first kappa shape index (κ1) is 29.4. The van der Waals surface area contributed by atoms with E-state index in [0.29, 0.717) is 26.1 Å². The molecule has 3 aromatic heterocycles. The molecule has 0 saturated carbocycles. The zero-order valence-electron chi connectivity index (χ0n) is 24.7. The van der Waals surface area contributed by atoms with Crippen molar-refractivity contribution < 1.29 is 14.6 Å². The summed E-state index contributed by atoms with van der Waals surface area (Å²) in [5, 5.41) is 17.8. The molecular weight excluding hydrogens is 528 g/mol. The minimum Gasteiger partial charge on any atom is -0.490 e. The third-order valence-electron chi connectivity index (χ3n) is 7.99. The Kier molecular flexibility index (Phi) is 9.92. The number of anilines is 2. The van der Waals surface area contributed by atoms with Gasteiger partial charge in [0.1, 0.15) is 24.2 Å². The fourth-order valence-electron chi connectivity index (χ4n) is 5.61. The number of aliphatic carboxylic acids is 1. The first-order valence-corrected chi connectivity index (χ1v) is 15.0. The molecule has 3 N–H and O–H groups in total. The van der Waals surface area contributed by atoms with Crippen LogP contribution in [0.4, 0.5) is 11.5 Å². The number of carboxylic acids is 1. The summed E-state index contributed by atoms with van der Waals surface area (Å²) >= 11 is 0. The van der Waals surface area contributed by atoms with Gasteiger partial charge in [0.15, 0.2) is 0 Å². The Balaban J connectivity index is 1.18. The molecule has 0 fully saturated rings. The van der Waals surface area contributed by atoms with Crippen molar-refractivity contribution in [2.75, 3.05) is 43.4 Å². The number of nitrogens with zero attached hydrogens (tertiary/aromatic N) is 4. The summed E-state index contributed by atoms with van der Waals surface area (Å²) in [6.07, 6.45) is 9.39. The van der Waals surface area contributed by atoms with E-state index in [1.54, 1.807) is 6.20 Å². The van der Waals surface area contributed by atoms with Crippen LogP contribution in [0, 0.1) is 6.92 Å². The van der Waals surface area contributed by atoms with Crippen LogP contribution in [0.5, 0.6) is 5.75 Å². The van der Waals surface area contributed by atoms with Crippen LogP contribution in [0.25, 0.3) is 10.9 Å². The Morgan fingerprint density at radius 2 is 2.02 bits per heavy atom. The van der Waals surface area contributed by atoms with Crippen molar-refractivity contribution in [3.63, 3.8) is 0 Å². The lowest BCUT2D eigenvalue weighted by atomic mass is 10.1. The number of fused-ring (bicyclic) bond motifs is 2. The van der Waals surface area contributed by atoms with Gasteiger partial charge in [0.2, 0.25) is 0 Å². The van der Waals surface area contributed by atoms with Gasteiger partial charge in [-0.05, 0) is 81.8 Å². The predicted molar refractivity (Wildman–Crippen MR) is 167 cm³/mol. The standard InChI is InChI=1S/C33H42N6O3/c1-24-31(13-8-17-34-24)42-22-21-39(19-6-5-10-26-15-14-25-9-7-18-35-32(25)36-26)20-16-28(33(40)41)37-29-23-38(2)30-12-4-3-11-27(29)30/h3-4,8,11-15,17,23,28,37H,5-7,9-10,16,18-22H2,1-2H3,(H,35,36)(H,40,41)/t28-/m0/s1. The van der Waals surface area contributed by atoms with E-state index in [-0.39, 0.29) is 0 Å². The normalized spacial score (nSPS) is 13.5. The quantitative estimate of drug-likeness (QED) is 0.166. The van der Waals surface area contributed by atoms with Crippen molar-refractivity contribution in [2.45, 2.75) is 51.5 Å². The van der Waals surface area contributed by atoms with Crippen LogP contribution in [0.3, 0.4) is 0 Å². The average Bonchev–Trinajstić information content (AvgIpc) is 3.32. The number of aromatic nitrogens is 3. The van der Waals surface area contributed by atoms with Crippen LogP contribution < -0.4 is 15.4 Å². The molecule has 1 aromatic carbocycles. The number of pyridine rings is 2. The summed E-state index contributed by atoms with van der Waals surface area (Å²) < 4.78 is 8.06. The molecule has 0 spiro atoms. The Bertz CT molecular complexity index is 1490. The highest BCUT2D eigenvalue weighted by Gasteiger charge is 2.21. The number of benzene rings is 1. The van der Waals surface area contributed by atoms with Crippen LogP contribution >= 0.6 is 0 Å². The first-order chi connectivity index (χ1) is 20.5. The Labute approximate surface area is 247 Å². The predicted octanol–water partition coefficient (Wildman–Crippen LogP) is 5.29. The van der Waals surface area contributed by atoms with Crippen molar-refractivity contribution in [3.05, 3.63) is 77.9 Å². The maximum Gasteiger partial charge on any atom is 0.326 e. The first-order valence-electron chi connectivity index (χ1n) is 15.0. The maximum atomic E-state index is 12.3. The number of carboxylic acid groups (broad SMARTS) is 1. The highest BCUT2D eigenvalue weighted by Crippen LogP contribution is 2.26. The Morgan fingerprint density at radius 3 is 2.88 bits per heavy atom. The van der Waals surface area contributed by atoms with Gasteiger partial charge in [0.25, 0.3) is 0 Å². The highest BCUT2D eigenvalue weighted by molar-refractivity contribution is 5.94. The summed E-state index contributed by atoms with van der Waals surface area (Å²) in [5.74, 6) is 0.976. The van der Waals surface area contributed by atoms with E-state index >= 15 is 0 Å². The van der Waals surface area contributed by atoms with Gasteiger partial charge in [0.05, 0.1) is 11.4 Å². The van der Waals surface area contributed by atoms with E-state index in [9.17, 15) is 9.90 Å². The molecule has 0 unspecified atom stereocenters. The zero-order valence-corrected chi connectivity index (χ0v) is 24.7. The van der Waals surface area contributed by atoms with Gasteiger partial charge >= 0.3 is 5.97 Å². The molecule has 5 rings (SSSR count). The van der Waals surface area contributed by atoms with Crippen LogP contribution in [0.2, 0.25) is 0 Å². The van der Waals surface area contributed by atoms with Gasteiger partial charge in [-0.15, -0.1) is 0 Å². The molecule has 42 heavy (non-hydrogen) atoms. The number of hydrogen-bond donors (Lipinski definition) is 3. The average molecular weight is 571 g/mol. The smallest absolute Gasteiger partial charge is 0.326 e. The minimum atomic E-state index is -0.850. The summed E-state index contributed by atoms with van der Waals surface area (Å²) in [4.78, 5) is 23.7. The van der Waals surface area contributed by atoms with Crippen molar-refractivity contribution >= 4 is 28.4 Å². The van der Waals surface area contributed by atoms with Crippen LogP contribution in [-0.4, -0.2) is 69.3 Å². The molecule has 1 aliphatic heterocycles. The van der Waals surface area contributed by atoms with E-state index < -0.39 is 12.0 Å². The second kappa shape index (κ2) is 14.2. The largest absolute Gasteiger partial charge is 0.490 e. The molecule has 9 nitrogen and oxygen atoms in total. The number of ether oxygens (including phenoxy) is 1.